The van der Waals surface area contributed by atoms with Gasteiger partial charge in [0.1, 0.15) is 0 Å². The first-order valence-corrected chi connectivity index (χ1v) is 20.1. The van der Waals surface area contributed by atoms with Gasteiger partial charge in [0.15, 0.2) is 0 Å². The lowest BCUT2D eigenvalue weighted by atomic mass is 9.74. The minimum atomic E-state index is -3.72. The Kier molecular flexibility index (Phi) is 9.56. The monoisotopic (exact) mass is 730 g/mol. The summed E-state index contributed by atoms with van der Waals surface area (Å²) in [5.74, 6) is -1.68. The van der Waals surface area contributed by atoms with Gasteiger partial charge in [0.25, 0.3) is 5.91 Å². The summed E-state index contributed by atoms with van der Waals surface area (Å²) in [5, 5.41) is 3.97. The Morgan fingerprint density at radius 2 is 1.60 bits per heavy atom. The molecule has 2 heterocycles. The van der Waals surface area contributed by atoms with E-state index in [-0.39, 0.29) is 30.1 Å². The molecule has 0 bridgehead atoms. The quantitative estimate of drug-likeness (QED) is 0.331. The first-order valence-electron chi connectivity index (χ1n) is 15.6. The summed E-state index contributed by atoms with van der Waals surface area (Å²) in [7, 11) is -7.30. The molecule has 0 aromatic heterocycles. The van der Waals surface area contributed by atoms with Crippen LogP contribution in [0.25, 0.3) is 5.70 Å². The highest BCUT2D eigenvalue weighted by Gasteiger charge is 2.51. The van der Waals surface area contributed by atoms with Crippen molar-refractivity contribution in [3.8, 4) is 0 Å². The highest BCUT2D eigenvalue weighted by atomic mass is 35.5. The average Bonchev–Trinajstić information content (AvgIpc) is 3.02. The van der Waals surface area contributed by atoms with E-state index in [1.807, 2.05) is 35.1 Å². The summed E-state index contributed by atoms with van der Waals surface area (Å²) in [5.41, 5.74) is 3.89. The van der Waals surface area contributed by atoms with E-state index in [0.717, 1.165) is 47.9 Å². The van der Waals surface area contributed by atoms with Gasteiger partial charge < -0.3 is 10.2 Å². The predicted octanol–water partition coefficient (Wildman–Crippen LogP) is 5.07. The zero-order valence-corrected chi connectivity index (χ0v) is 29.5. The lowest BCUT2D eigenvalue weighted by molar-refractivity contribution is -0.124. The molecule has 3 aromatic carbocycles. The third kappa shape index (κ3) is 6.94. The molecule has 10 nitrogen and oxygen atoms in total. The van der Waals surface area contributed by atoms with Crippen LogP contribution in [0, 0.1) is 0 Å². The normalized spacial score (nSPS) is 22.1. The molecule has 6 rings (SSSR count). The second kappa shape index (κ2) is 13.4. The second-order valence-corrected chi connectivity index (χ2v) is 17.0. The first-order chi connectivity index (χ1) is 22.7. The van der Waals surface area contributed by atoms with Crippen molar-refractivity contribution in [1.29, 1.82) is 0 Å². The molecule has 0 saturated heterocycles. The molecule has 3 aromatic rings. The lowest BCUT2D eigenvalue weighted by Crippen LogP contribution is -2.59. The molecule has 2 N–H and O–H groups in total. The molecule has 0 radical (unpaired) electrons. The SMILES string of the molecule is CS(=O)(=O)NC(=O)c1cccc(CCNC(=O)[C@@H]2c3ccccc3C3=CN(S(C)(=O)=O)[C@H]4CCCC[C@@H]4N3[C@H]2c2ccc(Cl)cc2Cl)c1. The number of sulfonamides is 2. The number of hydrogen-bond acceptors (Lipinski definition) is 7. The standard InChI is InChI=1S/C34H36Cl2N4O6S2/c1-47(43,44)38-33(41)22-9-7-8-21(18-22)16-17-37-34(42)31-25-11-4-3-10-24(25)30-20-39(48(2,45)46)28-12-5-6-13-29(28)40(30)32(31)26-15-14-23(35)19-27(26)36/h3-4,7-11,14-15,18-20,28-29,31-32H,5-6,12-13,16-17H2,1-2H3,(H,37,42)(H,38,41)/t28-,29-,31+,32-/m0/s1. The second-order valence-electron chi connectivity index (χ2n) is 12.6. The van der Waals surface area contributed by atoms with Crippen LogP contribution in [0.4, 0.5) is 0 Å². The van der Waals surface area contributed by atoms with E-state index in [1.54, 1.807) is 36.5 Å². The van der Waals surface area contributed by atoms with Crippen LogP contribution in [0.1, 0.15) is 70.3 Å². The van der Waals surface area contributed by atoms with Crippen molar-refractivity contribution in [2.24, 2.45) is 0 Å². The van der Waals surface area contributed by atoms with Gasteiger partial charge in [0.05, 0.1) is 42.3 Å². The summed E-state index contributed by atoms with van der Waals surface area (Å²) in [6, 6.07) is 18.3. The molecule has 2 aliphatic heterocycles. The van der Waals surface area contributed by atoms with Crippen molar-refractivity contribution in [2.45, 2.75) is 56.1 Å². The summed E-state index contributed by atoms with van der Waals surface area (Å²) in [6.45, 7) is 0.242. The average molecular weight is 732 g/mol. The molecule has 2 amide bonds. The molecule has 14 heteroatoms. The van der Waals surface area contributed by atoms with E-state index < -0.39 is 37.9 Å². The summed E-state index contributed by atoms with van der Waals surface area (Å²) in [6.07, 6.45) is 7.51. The van der Waals surface area contributed by atoms with E-state index in [9.17, 15) is 26.4 Å². The molecular formula is C34H36Cl2N4O6S2. The van der Waals surface area contributed by atoms with Gasteiger partial charge in [-0.05, 0) is 60.2 Å². The van der Waals surface area contributed by atoms with Crippen molar-refractivity contribution in [3.63, 3.8) is 0 Å². The number of nitrogens with zero attached hydrogens (tertiary/aromatic N) is 2. The molecule has 4 atom stereocenters. The Balaban J connectivity index is 1.38. The molecule has 1 aliphatic carbocycles. The Bertz CT molecular complexity index is 2020. The maximum Gasteiger partial charge on any atom is 0.264 e. The van der Waals surface area contributed by atoms with Crippen molar-refractivity contribution in [1.82, 2.24) is 19.2 Å². The van der Waals surface area contributed by atoms with Crippen LogP contribution >= 0.6 is 23.2 Å². The van der Waals surface area contributed by atoms with E-state index in [4.69, 9.17) is 23.2 Å². The van der Waals surface area contributed by atoms with E-state index in [1.165, 1.54) is 16.6 Å². The largest absolute Gasteiger partial charge is 0.356 e. The van der Waals surface area contributed by atoms with Gasteiger partial charge in [0, 0.05) is 33.9 Å². The maximum absolute atomic E-state index is 14.4. The Morgan fingerprint density at radius 3 is 2.31 bits per heavy atom. The van der Waals surface area contributed by atoms with E-state index in [0.29, 0.717) is 28.5 Å². The Labute approximate surface area is 291 Å². The van der Waals surface area contributed by atoms with E-state index >= 15 is 0 Å². The van der Waals surface area contributed by atoms with Crippen LogP contribution in [0.15, 0.2) is 72.9 Å². The molecule has 254 valence electrons. The number of hydrogen-bond donors (Lipinski definition) is 2. The van der Waals surface area contributed by atoms with Crippen molar-refractivity contribution < 1.29 is 26.4 Å². The van der Waals surface area contributed by atoms with Crippen LogP contribution in [-0.2, 0) is 31.3 Å². The molecule has 48 heavy (non-hydrogen) atoms. The third-order valence-corrected chi connectivity index (χ3v) is 11.5. The summed E-state index contributed by atoms with van der Waals surface area (Å²) in [4.78, 5) is 29.1. The lowest BCUT2D eigenvalue weighted by Gasteiger charge is -2.56. The maximum atomic E-state index is 14.4. The number of rotatable bonds is 8. The molecule has 1 fully saturated rings. The van der Waals surface area contributed by atoms with Crippen LogP contribution < -0.4 is 10.0 Å². The van der Waals surface area contributed by atoms with Crippen molar-refractivity contribution in [3.05, 3.63) is 111 Å². The van der Waals surface area contributed by atoms with Crippen LogP contribution in [0.2, 0.25) is 10.0 Å². The van der Waals surface area contributed by atoms with Gasteiger partial charge in [-0.1, -0.05) is 78.5 Å². The van der Waals surface area contributed by atoms with Crippen LogP contribution in [0.3, 0.4) is 0 Å². The molecule has 0 unspecified atom stereocenters. The fraction of sp³-hybridized carbons (Fsp3) is 0.353. The van der Waals surface area contributed by atoms with Gasteiger partial charge >= 0.3 is 0 Å². The predicted molar refractivity (Wildman–Crippen MR) is 186 cm³/mol. The Hall–Kier alpha value is -3.58. The van der Waals surface area contributed by atoms with Crippen LogP contribution in [-0.4, -0.2) is 69.0 Å². The van der Waals surface area contributed by atoms with Gasteiger partial charge in [0.2, 0.25) is 26.0 Å². The minimum Gasteiger partial charge on any atom is -0.356 e. The summed E-state index contributed by atoms with van der Waals surface area (Å²) >= 11 is 13.2. The first kappa shape index (κ1) is 34.3. The topological polar surface area (TPSA) is 133 Å². The van der Waals surface area contributed by atoms with E-state index in [2.05, 4.69) is 10.2 Å². The highest BCUT2D eigenvalue weighted by molar-refractivity contribution is 7.89. The number of carbonyl (C=O) groups is 2. The van der Waals surface area contributed by atoms with Gasteiger partial charge in [-0.3, -0.25) is 13.9 Å². The number of fused-ring (bicyclic) bond motifs is 5. The Morgan fingerprint density at radius 1 is 0.875 bits per heavy atom. The smallest absolute Gasteiger partial charge is 0.264 e. The number of nitrogens with one attached hydrogen (secondary N) is 2. The minimum absolute atomic E-state index is 0.192. The number of carbonyl (C=O) groups excluding carboxylic acids is 2. The van der Waals surface area contributed by atoms with Gasteiger partial charge in [-0.25, -0.2) is 21.6 Å². The van der Waals surface area contributed by atoms with Crippen molar-refractivity contribution in [2.75, 3.05) is 19.1 Å². The molecular weight excluding hydrogens is 695 g/mol. The molecule has 3 aliphatic rings. The van der Waals surface area contributed by atoms with Crippen molar-refractivity contribution >= 4 is 60.8 Å². The molecule has 1 saturated carbocycles. The van der Waals surface area contributed by atoms with Crippen LogP contribution in [0.5, 0.6) is 0 Å². The zero-order chi connectivity index (χ0) is 34.4. The molecule has 0 spiro atoms. The fourth-order valence-electron chi connectivity index (χ4n) is 7.30. The highest BCUT2D eigenvalue weighted by Crippen LogP contribution is 2.54. The number of halogens is 2. The van der Waals surface area contributed by atoms with Gasteiger partial charge in [-0.15, -0.1) is 0 Å². The van der Waals surface area contributed by atoms with Gasteiger partial charge in [-0.2, -0.15) is 0 Å². The summed E-state index contributed by atoms with van der Waals surface area (Å²) < 4.78 is 52.8. The zero-order valence-electron chi connectivity index (χ0n) is 26.4. The number of amides is 2. The fourth-order valence-corrected chi connectivity index (χ4v) is 9.31. The third-order valence-electron chi connectivity index (χ3n) is 9.22. The number of benzene rings is 3.